The zero-order valence-electron chi connectivity index (χ0n) is 12.1. The number of amides is 1. The summed E-state index contributed by atoms with van der Waals surface area (Å²) < 4.78 is 9.31. The normalized spacial score (nSPS) is 16.6. The molecule has 0 spiro atoms. The van der Waals surface area contributed by atoms with Crippen LogP contribution in [0.2, 0.25) is 0 Å². The lowest BCUT2D eigenvalue weighted by atomic mass is 10.1. The molecule has 0 saturated carbocycles. The summed E-state index contributed by atoms with van der Waals surface area (Å²) >= 11 is 0. The number of rotatable bonds is 6. The smallest absolute Gasteiger partial charge is 0.331 e. The van der Waals surface area contributed by atoms with Crippen molar-refractivity contribution in [1.29, 1.82) is 0 Å². The highest BCUT2D eigenvalue weighted by molar-refractivity contribution is 5.91. The summed E-state index contributed by atoms with van der Waals surface area (Å²) in [5.41, 5.74) is 0. The average Bonchev–Trinajstić information content (AvgIpc) is 2.51. The van der Waals surface area contributed by atoms with Crippen molar-refractivity contribution in [2.75, 3.05) is 26.3 Å². The van der Waals surface area contributed by atoms with Crippen molar-refractivity contribution in [2.24, 2.45) is 0 Å². The monoisotopic (exact) mass is 299 g/mol. The molecule has 118 valence electrons. The van der Waals surface area contributed by atoms with Crippen LogP contribution >= 0.6 is 0 Å². The second-order valence-corrected chi connectivity index (χ2v) is 4.62. The summed E-state index contributed by atoms with van der Waals surface area (Å²) in [6, 6.07) is 0. The third-order valence-electron chi connectivity index (χ3n) is 2.98. The number of esters is 2. The van der Waals surface area contributed by atoms with Gasteiger partial charge < -0.3 is 19.5 Å². The molecule has 0 aliphatic carbocycles. The average molecular weight is 299 g/mol. The maximum atomic E-state index is 11.9. The highest BCUT2D eigenvalue weighted by atomic mass is 16.5. The van der Waals surface area contributed by atoms with Crippen molar-refractivity contribution >= 4 is 17.8 Å². The van der Waals surface area contributed by atoms with Crippen LogP contribution in [-0.2, 0) is 23.9 Å². The summed E-state index contributed by atoms with van der Waals surface area (Å²) in [5.74, 6) is -1.90. The molecule has 1 unspecified atom stereocenters. The van der Waals surface area contributed by atoms with Crippen LogP contribution in [0.3, 0.4) is 0 Å². The van der Waals surface area contributed by atoms with Crippen molar-refractivity contribution in [1.82, 2.24) is 4.90 Å². The number of likely N-dealkylation sites (tertiary alicyclic amines) is 1. The van der Waals surface area contributed by atoms with Crippen LogP contribution in [0.25, 0.3) is 0 Å². The Morgan fingerprint density at radius 2 is 1.67 bits per heavy atom. The SMILES string of the molecule is CCOC(=O)/C=C/C(=O)OCC(O)C(=O)N1CCCCC1. The van der Waals surface area contributed by atoms with Crippen molar-refractivity contribution in [3.63, 3.8) is 0 Å². The molecule has 1 rings (SSSR count). The maximum absolute atomic E-state index is 11.9. The number of hydrogen-bond acceptors (Lipinski definition) is 6. The Hall–Kier alpha value is -1.89. The quantitative estimate of drug-likeness (QED) is 0.549. The van der Waals surface area contributed by atoms with E-state index in [-0.39, 0.29) is 6.61 Å². The molecule has 7 heteroatoms. The lowest BCUT2D eigenvalue weighted by molar-refractivity contribution is -0.150. The minimum absolute atomic E-state index is 0.210. The van der Waals surface area contributed by atoms with Gasteiger partial charge in [-0.1, -0.05) is 0 Å². The molecule has 0 aromatic rings. The second-order valence-electron chi connectivity index (χ2n) is 4.62. The molecule has 1 heterocycles. The van der Waals surface area contributed by atoms with Gasteiger partial charge in [-0.25, -0.2) is 9.59 Å². The van der Waals surface area contributed by atoms with Crippen LogP contribution in [0.4, 0.5) is 0 Å². The van der Waals surface area contributed by atoms with E-state index in [0.717, 1.165) is 31.4 Å². The van der Waals surface area contributed by atoms with Crippen LogP contribution in [0.15, 0.2) is 12.2 Å². The maximum Gasteiger partial charge on any atom is 0.331 e. The minimum atomic E-state index is -1.37. The number of aliphatic hydroxyl groups is 1. The van der Waals surface area contributed by atoms with Crippen molar-refractivity contribution in [2.45, 2.75) is 32.3 Å². The summed E-state index contributed by atoms with van der Waals surface area (Å²) in [6.45, 7) is 2.66. The molecule has 0 aromatic heterocycles. The molecule has 1 amide bonds. The first-order valence-corrected chi connectivity index (χ1v) is 7.03. The van der Waals surface area contributed by atoms with Gasteiger partial charge in [-0.15, -0.1) is 0 Å². The van der Waals surface area contributed by atoms with E-state index in [0.29, 0.717) is 13.1 Å². The number of carbonyl (C=O) groups is 3. The Bertz CT molecular complexity index is 400. The fraction of sp³-hybridized carbons (Fsp3) is 0.643. The number of carbonyl (C=O) groups excluding carboxylic acids is 3. The first kappa shape index (κ1) is 17.2. The Morgan fingerprint density at radius 1 is 1.10 bits per heavy atom. The fourth-order valence-corrected chi connectivity index (χ4v) is 1.93. The van der Waals surface area contributed by atoms with Gasteiger partial charge in [0, 0.05) is 25.2 Å². The minimum Gasteiger partial charge on any atom is -0.463 e. The van der Waals surface area contributed by atoms with Gasteiger partial charge >= 0.3 is 11.9 Å². The Balaban J connectivity index is 2.31. The topological polar surface area (TPSA) is 93.1 Å². The highest BCUT2D eigenvalue weighted by Crippen LogP contribution is 2.10. The molecule has 7 nitrogen and oxygen atoms in total. The first-order chi connectivity index (χ1) is 10.0. The largest absolute Gasteiger partial charge is 0.463 e. The fourth-order valence-electron chi connectivity index (χ4n) is 1.93. The van der Waals surface area contributed by atoms with Crippen molar-refractivity contribution < 1.29 is 29.0 Å². The second kappa shape index (κ2) is 9.12. The molecule has 1 fully saturated rings. The lowest BCUT2D eigenvalue weighted by Crippen LogP contribution is -2.44. The van der Waals surface area contributed by atoms with E-state index >= 15 is 0 Å². The third-order valence-corrected chi connectivity index (χ3v) is 2.98. The van der Waals surface area contributed by atoms with Crippen LogP contribution in [0.5, 0.6) is 0 Å². The summed E-state index contributed by atoms with van der Waals surface area (Å²) in [5, 5.41) is 9.70. The molecular formula is C14H21NO6. The standard InChI is InChI=1S/C14H21NO6/c1-2-20-12(17)6-7-13(18)21-10-11(16)14(19)15-8-4-3-5-9-15/h6-7,11,16H,2-5,8-10H2,1H3/b7-6+. The molecule has 21 heavy (non-hydrogen) atoms. The molecule has 1 aliphatic heterocycles. The van der Waals surface area contributed by atoms with Crippen molar-refractivity contribution in [3.05, 3.63) is 12.2 Å². The first-order valence-electron chi connectivity index (χ1n) is 7.03. The number of hydrogen-bond donors (Lipinski definition) is 1. The van der Waals surface area contributed by atoms with Gasteiger partial charge in [-0.2, -0.15) is 0 Å². The number of piperidine rings is 1. The molecule has 1 atom stereocenters. The van der Waals surface area contributed by atoms with Gasteiger partial charge in [0.25, 0.3) is 5.91 Å². The molecule has 1 aliphatic rings. The van der Waals surface area contributed by atoms with Crippen LogP contribution in [0, 0.1) is 0 Å². The van der Waals surface area contributed by atoms with E-state index in [1.54, 1.807) is 11.8 Å². The van der Waals surface area contributed by atoms with Gasteiger partial charge in [0.2, 0.25) is 0 Å². The zero-order chi connectivity index (χ0) is 15.7. The van der Waals surface area contributed by atoms with Gasteiger partial charge in [0.1, 0.15) is 6.61 Å². The van der Waals surface area contributed by atoms with Crippen LogP contribution < -0.4 is 0 Å². The van der Waals surface area contributed by atoms with Gasteiger partial charge in [0.05, 0.1) is 6.61 Å². The van der Waals surface area contributed by atoms with Gasteiger partial charge in [-0.05, 0) is 26.2 Å². The number of nitrogens with zero attached hydrogens (tertiary/aromatic N) is 1. The Morgan fingerprint density at radius 3 is 2.24 bits per heavy atom. The highest BCUT2D eigenvalue weighted by Gasteiger charge is 2.24. The molecular weight excluding hydrogens is 278 g/mol. The predicted molar refractivity (Wildman–Crippen MR) is 73.2 cm³/mol. The van der Waals surface area contributed by atoms with Gasteiger partial charge in [0.15, 0.2) is 6.10 Å². The van der Waals surface area contributed by atoms with Crippen LogP contribution in [0.1, 0.15) is 26.2 Å². The van der Waals surface area contributed by atoms with Crippen LogP contribution in [-0.4, -0.2) is 60.3 Å². The number of aliphatic hydroxyl groups excluding tert-OH is 1. The van der Waals surface area contributed by atoms with E-state index in [1.807, 2.05) is 0 Å². The summed E-state index contributed by atoms with van der Waals surface area (Å²) in [6.07, 6.45) is 3.37. The van der Waals surface area contributed by atoms with E-state index in [4.69, 9.17) is 4.74 Å². The van der Waals surface area contributed by atoms with Crippen molar-refractivity contribution in [3.8, 4) is 0 Å². The third kappa shape index (κ3) is 6.40. The van der Waals surface area contributed by atoms with E-state index in [9.17, 15) is 19.5 Å². The molecule has 1 N–H and O–H groups in total. The zero-order valence-corrected chi connectivity index (χ0v) is 12.1. The summed E-state index contributed by atoms with van der Waals surface area (Å²) in [7, 11) is 0. The molecule has 0 bridgehead atoms. The lowest BCUT2D eigenvalue weighted by Gasteiger charge is -2.28. The van der Waals surface area contributed by atoms with E-state index in [1.165, 1.54) is 0 Å². The molecule has 1 saturated heterocycles. The summed E-state index contributed by atoms with van der Waals surface area (Å²) in [4.78, 5) is 35.7. The van der Waals surface area contributed by atoms with E-state index < -0.39 is 30.6 Å². The molecule has 0 aromatic carbocycles. The molecule has 0 radical (unpaired) electrons. The predicted octanol–water partition coefficient (Wildman–Crippen LogP) is 0.0223. The van der Waals surface area contributed by atoms with Gasteiger partial charge in [-0.3, -0.25) is 4.79 Å². The Kier molecular flexibility index (Phi) is 7.45. The Labute approximate surface area is 123 Å². The van der Waals surface area contributed by atoms with E-state index in [2.05, 4.69) is 4.74 Å². The number of ether oxygens (including phenoxy) is 2.